The lowest BCUT2D eigenvalue weighted by atomic mass is 9.97. The highest BCUT2D eigenvalue weighted by atomic mass is 16.2. The molecule has 1 heterocycles. The smallest absolute Gasteiger partial charge is 0.323 e. The quantitative estimate of drug-likeness (QED) is 0.638. The molecule has 8 nitrogen and oxygen atoms in total. The molecule has 0 aliphatic carbocycles. The maximum atomic E-state index is 12.5. The molecular formula is C21H25N5O3. The molecule has 0 spiro atoms. The van der Waals surface area contributed by atoms with E-state index in [-0.39, 0.29) is 23.9 Å². The molecule has 3 rings (SSSR count). The number of likely N-dealkylation sites (tertiary alicyclic amines) is 1. The largest absolute Gasteiger partial charge is 0.359 e. The first-order chi connectivity index (χ1) is 14.0. The summed E-state index contributed by atoms with van der Waals surface area (Å²) in [5, 5.41) is 11.0. The maximum Gasteiger partial charge on any atom is 0.323 e. The minimum atomic E-state index is -0.346. The fourth-order valence-electron chi connectivity index (χ4n) is 3.23. The summed E-state index contributed by atoms with van der Waals surface area (Å²) in [6.07, 6.45) is 1.58. The van der Waals surface area contributed by atoms with Crippen LogP contribution in [0.4, 0.5) is 26.7 Å². The molecule has 0 aromatic heterocycles. The monoisotopic (exact) mass is 395 g/mol. The zero-order chi connectivity index (χ0) is 20.6. The molecule has 152 valence electrons. The van der Waals surface area contributed by atoms with Gasteiger partial charge in [0.25, 0.3) is 0 Å². The van der Waals surface area contributed by atoms with Crippen molar-refractivity contribution in [1.29, 1.82) is 0 Å². The predicted octanol–water partition coefficient (Wildman–Crippen LogP) is 3.32. The number of amides is 5. The van der Waals surface area contributed by atoms with Gasteiger partial charge in [0.15, 0.2) is 0 Å². The normalized spacial score (nSPS) is 15.9. The number of carbonyl (C=O) groups is 3. The van der Waals surface area contributed by atoms with Crippen LogP contribution in [0.3, 0.4) is 0 Å². The summed E-state index contributed by atoms with van der Waals surface area (Å²) in [7, 11) is 1.61. The Labute approximate surface area is 169 Å². The van der Waals surface area contributed by atoms with Crippen LogP contribution in [0.25, 0.3) is 0 Å². The van der Waals surface area contributed by atoms with Crippen LogP contribution in [0.5, 0.6) is 0 Å². The molecule has 8 heteroatoms. The molecule has 0 unspecified atom stereocenters. The van der Waals surface area contributed by atoms with Gasteiger partial charge >= 0.3 is 12.1 Å². The summed E-state index contributed by atoms with van der Waals surface area (Å²) in [5.74, 6) is -0.207. The van der Waals surface area contributed by atoms with Gasteiger partial charge in [-0.05, 0) is 49.2 Å². The van der Waals surface area contributed by atoms with Crippen LogP contribution >= 0.6 is 0 Å². The van der Waals surface area contributed by atoms with E-state index in [9.17, 15) is 14.4 Å². The standard InChI is InChI=1S/C21H25N5O3/c1-22-19(27)15-6-5-13-26(14-15)21(29)25-18-11-9-17(10-12-18)24-20(28)23-16-7-3-2-4-8-16/h2-4,7-12,15H,5-6,13-14H2,1H3,(H,22,27)(H,25,29)(H2,23,24,28)/t15-/m1/s1. The lowest BCUT2D eigenvalue weighted by Gasteiger charge is -2.31. The number of anilines is 3. The fourth-order valence-corrected chi connectivity index (χ4v) is 3.23. The van der Waals surface area contributed by atoms with Crippen LogP contribution in [-0.2, 0) is 4.79 Å². The Morgan fingerprint density at radius 1 is 0.862 bits per heavy atom. The first-order valence-corrected chi connectivity index (χ1v) is 9.56. The number of carbonyl (C=O) groups excluding carboxylic acids is 3. The highest BCUT2D eigenvalue weighted by Gasteiger charge is 2.27. The van der Waals surface area contributed by atoms with Crippen LogP contribution in [0.15, 0.2) is 54.6 Å². The third kappa shape index (κ3) is 5.71. The van der Waals surface area contributed by atoms with E-state index in [2.05, 4.69) is 21.3 Å². The summed E-state index contributed by atoms with van der Waals surface area (Å²) < 4.78 is 0. The molecule has 0 saturated carbocycles. The molecule has 1 fully saturated rings. The molecule has 4 N–H and O–H groups in total. The minimum Gasteiger partial charge on any atom is -0.359 e. The Morgan fingerprint density at radius 2 is 1.45 bits per heavy atom. The van der Waals surface area contributed by atoms with Crippen molar-refractivity contribution >= 4 is 35.0 Å². The summed E-state index contributed by atoms with van der Waals surface area (Å²) in [4.78, 5) is 38.0. The van der Waals surface area contributed by atoms with Crippen molar-refractivity contribution in [3.05, 3.63) is 54.6 Å². The molecule has 1 atom stereocenters. The Balaban J connectivity index is 1.51. The van der Waals surface area contributed by atoms with Crippen molar-refractivity contribution < 1.29 is 14.4 Å². The second-order valence-corrected chi connectivity index (χ2v) is 6.85. The summed E-state index contributed by atoms with van der Waals surface area (Å²) in [5.41, 5.74) is 1.92. The van der Waals surface area contributed by atoms with Crippen LogP contribution in [-0.4, -0.2) is 43.0 Å². The molecule has 29 heavy (non-hydrogen) atoms. The molecular weight excluding hydrogens is 370 g/mol. The minimum absolute atomic E-state index is 0.0355. The highest BCUT2D eigenvalue weighted by Crippen LogP contribution is 2.19. The third-order valence-electron chi connectivity index (χ3n) is 4.75. The van der Waals surface area contributed by atoms with E-state index in [1.807, 2.05) is 18.2 Å². The lowest BCUT2D eigenvalue weighted by molar-refractivity contribution is -0.125. The van der Waals surface area contributed by atoms with Crippen LogP contribution < -0.4 is 21.3 Å². The van der Waals surface area contributed by atoms with E-state index in [1.165, 1.54) is 0 Å². The zero-order valence-corrected chi connectivity index (χ0v) is 16.3. The van der Waals surface area contributed by atoms with Gasteiger partial charge in [0.05, 0.1) is 5.92 Å². The first-order valence-electron chi connectivity index (χ1n) is 9.56. The van der Waals surface area contributed by atoms with Gasteiger partial charge in [-0.2, -0.15) is 0 Å². The number of hydrogen-bond acceptors (Lipinski definition) is 3. The van der Waals surface area contributed by atoms with Crippen molar-refractivity contribution in [3.8, 4) is 0 Å². The average molecular weight is 395 g/mol. The number of rotatable bonds is 4. The lowest BCUT2D eigenvalue weighted by Crippen LogP contribution is -2.46. The predicted molar refractivity (Wildman–Crippen MR) is 113 cm³/mol. The van der Waals surface area contributed by atoms with Crippen molar-refractivity contribution in [2.24, 2.45) is 5.92 Å². The number of benzene rings is 2. The Bertz CT molecular complexity index is 854. The fraction of sp³-hybridized carbons (Fsp3) is 0.286. The third-order valence-corrected chi connectivity index (χ3v) is 4.75. The highest BCUT2D eigenvalue weighted by molar-refractivity contribution is 6.00. The van der Waals surface area contributed by atoms with Gasteiger partial charge in [-0.25, -0.2) is 9.59 Å². The molecule has 0 bridgehead atoms. The van der Waals surface area contributed by atoms with Crippen molar-refractivity contribution in [2.45, 2.75) is 12.8 Å². The van der Waals surface area contributed by atoms with Crippen molar-refractivity contribution in [2.75, 3.05) is 36.1 Å². The molecule has 2 aromatic carbocycles. The Morgan fingerprint density at radius 3 is 2.07 bits per heavy atom. The molecule has 5 amide bonds. The van der Waals surface area contributed by atoms with Gasteiger partial charge in [-0.3, -0.25) is 4.79 Å². The number of para-hydroxylation sites is 1. The zero-order valence-electron chi connectivity index (χ0n) is 16.3. The van der Waals surface area contributed by atoms with Crippen LogP contribution in [0.1, 0.15) is 12.8 Å². The number of nitrogens with zero attached hydrogens (tertiary/aromatic N) is 1. The van der Waals surface area contributed by atoms with E-state index < -0.39 is 0 Å². The van der Waals surface area contributed by atoms with Gasteiger partial charge in [0, 0.05) is 37.2 Å². The van der Waals surface area contributed by atoms with Crippen LogP contribution in [0, 0.1) is 5.92 Å². The van der Waals surface area contributed by atoms with Gasteiger partial charge in [-0.1, -0.05) is 18.2 Å². The summed E-state index contributed by atoms with van der Waals surface area (Å²) in [6.45, 7) is 1.03. The van der Waals surface area contributed by atoms with E-state index in [4.69, 9.17) is 0 Å². The van der Waals surface area contributed by atoms with Crippen molar-refractivity contribution in [3.63, 3.8) is 0 Å². The topological polar surface area (TPSA) is 103 Å². The molecule has 1 aliphatic rings. The second-order valence-electron chi connectivity index (χ2n) is 6.85. The molecule has 2 aromatic rings. The molecule has 0 radical (unpaired) electrons. The van der Waals surface area contributed by atoms with Crippen LogP contribution in [0.2, 0.25) is 0 Å². The van der Waals surface area contributed by atoms with Gasteiger partial charge in [-0.15, -0.1) is 0 Å². The summed E-state index contributed by atoms with van der Waals surface area (Å²) in [6, 6.07) is 15.4. The average Bonchev–Trinajstić information content (AvgIpc) is 2.75. The Hall–Kier alpha value is -3.55. The molecule has 1 saturated heterocycles. The van der Waals surface area contributed by atoms with E-state index >= 15 is 0 Å². The second kappa shape index (κ2) is 9.59. The number of nitrogens with one attached hydrogen (secondary N) is 4. The number of hydrogen-bond donors (Lipinski definition) is 4. The van der Waals surface area contributed by atoms with Gasteiger partial charge < -0.3 is 26.2 Å². The van der Waals surface area contributed by atoms with E-state index in [1.54, 1.807) is 48.3 Å². The maximum absolute atomic E-state index is 12.5. The molecule has 1 aliphatic heterocycles. The summed E-state index contributed by atoms with van der Waals surface area (Å²) >= 11 is 0. The van der Waals surface area contributed by atoms with Crippen molar-refractivity contribution in [1.82, 2.24) is 10.2 Å². The first kappa shape index (κ1) is 20.2. The Kier molecular flexibility index (Phi) is 6.67. The van der Waals surface area contributed by atoms with Gasteiger partial charge in [0.2, 0.25) is 5.91 Å². The van der Waals surface area contributed by atoms with Gasteiger partial charge in [0.1, 0.15) is 0 Å². The van der Waals surface area contributed by atoms with E-state index in [0.29, 0.717) is 30.2 Å². The number of piperidine rings is 1. The SMILES string of the molecule is CNC(=O)[C@@H]1CCCN(C(=O)Nc2ccc(NC(=O)Nc3ccccc3)cc2)C1. The number of urea groups is 2. The van der Waals surface area contributed by atoms with E-state index in [0.717, 1.165) is 12.8 Å².